The van der Waals surface area contributed by atoms with Gasteiger partial charge in [-0.1, -0.05) is 48.5 Å². The summed E-state index contributed by atoms with van der Waals surface area (Å²) in [4.78, 5) is 0.557. The van der Waals surface area contributed by atoms with Gasteiger partial charge in [0.2, 0.25) is 9.84 Å². The van der Waals surface area contributed by atoms with Gasteiger partial charge in [-0.3, -0.25) is 0 Å². The third-order valence-corrected chi connectivity index (χ3v) is 5.80. The fraction of sp³-hybridized carbons (Fsp3) is 0.263. The average molecular weight is 344 g/mol. The van der Waals surface area contributed by atoms with E-state index in [4.69, 9.17) is 9.47 Å². The Morgan fingerprint density at radius 3 is 2.33 bits per heavy atom. The monoisotopic (exact) mass is 344 g/mol. The van der Waals surface area contributed by atoms with Crippen molar-refractivity contribution in [3.8, 4) is 0 Å². The molecule has 0 fully saturated rings. The first-order chi connectivity index (χ1) is 11.6. The average Bonchev–Trinajstić information content (AvgIpc) is 2.62. The zero-order valence-electron chi connectivity index (χ0n) is 13.5. The normalized spacial score (nSPS) is 21.3. The first-order valence-electron chi connectivity index (χ1n) is 7.86. The van der Waals surface area contributed by atoms with Crippen LogP contribution in [0.2, 0.25) is 0 Å². The minimum absolute atomic E-state index is 0.228. The number of sulfone groups is 1. The number of benzene rings is 2. The zero-order chi connectivity index (χ0) is 17.0. The van der Waals surface area contributed by atoms with Crippen molar-refractivity contribution in [2.24, 2.45) is 0 Å². The second kappa shape index (κ2) is 7.30. The number of hydrogen-bond acceptors (Lipinski definition) is 4. The summed E-state index contributed by atoms with van der Waals surface area (Å²) in [6.07, 6.45) is 0.781. The lowest BCUT2D eigenvalue weighted by Gasteiger charge is -2.27. The van der Waals surface area contributed by atoms with Crippen LogP contribution in [0.1, 0.15) is 12.5 Å². The molecule has 2 aromatic rings. The van der Waals surface area contributed by atoms with Crippen LogP contribution in [0.5, 0.6) is 0 Å². The van der Waals surface area contributed by atoms with E-state index in [1.54, 1.807) is 36.4 Å². The molecule has 2 atom stereocenters. The van der Waals surface area contributed by atoms with Gasteiger partial charge in [0.25, 0.3) is 0 Å². The maximum Gasteiger partial charge on any atom is 0.205 e. The lowest BCUT2D eigenvalue weighted by Crippen LogP contribution is -2.33. The fourth-order valence-electron chi connectivity index (χ4n) is 2.61. The van der Waals surface area contributed by atoms with E-state index in [0.29, 0.717) is 6.61 Å². The highest BCUT2D eigenvalue weighted by Gasteiger charge is 2.32. The molecule has 0 radical (unpaired) electrons. The van der Waals surface area contributed by atoms with Crippen molar-refractivity contribution in [1.29, 1.82) is 0 Å². The highest BCUT2D eigenvalue weighted by molar-refractivity contribution is 7.95. The predicted octanol–water partition coefficient (Wildman–Crippen LogP) is 3.35. The molecule has 4 nitrogen and oxygen atoms in total. The molecule has 1 aliphatic rings. The van der Waals surface area contributed by atoms with Gasteiger partial charge in [-0.15, -0.1) is 0 Å². The van der Waals surface area contributed by atoms with E-state index in [1.165, 1.54) is 0 Å². The molecular weight excluding hydrogens is 324 g/mol. The molecule has 1 heterocycles. The summed E-state index contributed by atoms with van der Waals surface area (Å²) >= 11 is 0. The predicted molar refractivity (Wildman–Crippen MR) is 92.1 cm³/mol. The van der Waals surface area contributed by atoms with Crippen LogP contribution in [0.15, 0.2) is 76.5 Å². The Balaban J connectivity index is 1.85. The van der Waals surface area contributed by atoms with Crippen LogP contribution in [0.3, 0.4) is 0 Å². The number of hydrogen-bond donors (Lipinski definition) is 0. The van der Waals surface area contributed by atoms with Crippen LogP contribution in [0.4, 0.5) is 0 Å². The number of rotatable bonds is 5. The lowest BCUT2D eigenvalue weighted by molar-refractivity contribution is -0.0266. The van der Waals surface area contributed by atoms with Crippen LogP contribution >= 0.6 is 0 Å². The Labute approximate surface area is 142 Å². The molecule has 0 aliphatic carbocycles. The smallest absolute Gasteiger partial charge is 0.205 e. The third-order valence-electron chi connectivity index (χ3n) is 3.88. The van der Waals surface area contributed by atoms with Crippen LogP contribution in [0, 0.1) is 0 Å². The van der Waals surface area contributed by atoms with E-state index in [9.17, 15) is 8.42 Å². The minimum atomic E-state index is -3.59. The van der Waals surface area contributed by atoms with Gasteiger partial charge in [-0.25, -0.2) is 8.42 Å². The Morgan fingerprint density at radius 1 is 1.04 bits per heavy atom. The van der Waals surface area contributed by atoms with Crippen molar-refractivity contribution in [2.45, 2.75) is 30.6 Å². The molecule has 0 N–H and O–H groups in total. The van der Waals surface area contributed by atoms with Gasteiger partial charge in [0.05, 0.1) is 29.1 Å². The summed E-state index contributed by atoms with van der Waals surface area (Å²) in [5.74, 6) is 0. The Bertz CT molecular complexity index is 798. The van der Waals surface area contributed by atoms with E-state index in [1.807, 2.05) is 37.3 Å². The summed E-state index contributed by atoms with van der Waals surface area (Å²) in [6.45, 7) is 2.39. The van der Waals surface area contributed by atoms with E-state index in [0.717, 1.165) is 5.56 Å². The second-order valence-electron chi connectivity index (χ2n) is 5.71. The number of ether oxygens (including phenoxy) is 2. The van der Waals surface area contributed by atoms with Gasteiger partial charge in [-0.2, -0.15) is 0 Å². The maximum atomic E-state index is 13.0. The molecule has 1 aliphatic heterocycles. The Morgan fingerprint density at radius 2 is 1.67 bits per heavy atom. The topological polar surface area (TPSA) is 52.6 Å². The summed E-state index contributed by atoms with van der Waals surface area (Å²) in [7, 11) is -3.59. The molecule has 0 aromatic heterocycles. The molecule has 126 valence electrons. The quantitative estimate of drug-likeness (QED) is 0.835. The summed E-state index contributed by atoms with van der Waals surface area (Å²) in [5.41, 5.74) is 0.993. The van der Waals surface area contributed by atoms with Crippen LogP contribution < -0.4 is 0 Å². The van der Waals surface area contributed by atoms with Gasteiger partial charge in [-0.05, 0) is 30.7 Å². The van der Waals surface area contributed by atoms with Gasteiger partial charge in [0.1, 0.15) is 6.10 Å². The van der Waals surface area contributed by atoms with Crippen molar-refractivity contribution < 1.29 is 17.9 Å². The summed E-state index contributed by atoms with van der Waals surface area (Å²) in [6, 6.07) is 18.1. The largest absolute Gasteiger partial charge is 0.371 e. The molecule has 5 heteroatoms. The second-order valence-corrected chi connectivity index (χ2v) is 7.66. The van der Waals surface area contributed by atoms with Gasteiger partial charge >= 0.3 is 0 Å². The Hall–Kier alpha value is -1.95. The minimum Gasteiger partial charge on any atom is -0.371 e. The molecule has 24 heavy (non-hydrogen) atoms. The fourth-order valence-corrected chi connectivity index (χ4v) is 4.25. The molecule has 0 saturated carbocycles. The summed E-state index contributed by atoms with van der Waals surface area (Å²) in [5, 5.41) is 0. The zero-order valence-corrected chi connectivity index (χ0v) is 14.3. The molecule has 0 saturated heterocycles. The molecule has 0 bridgehead atoms. The maximum absolute atomic E-state index is 13.0. The van der Waals surface area contributed by atoms with Crippen LogP contribution in [0.25, 0.3) is 0 Å². The van der Waals surface area contributed by atoms with Crippen molar-refractivity contribution >= 4 is 9.84 Å². The first-order valence-corrected chi connectivity index (χ1v) is 9.34. The van der Waals surface area contributed by atoms with E-state index in [2.05, 4.69) is 0 Å². The van der Waals surface area contributed by atoms with Gasteiger partial charge in [0.15, 0.2) is 0 Å². The van der Waals surface area contributed by atoms with E-state index >= 15 is 0 Å². The molecular formula is C19H20O4S. The van der Waals surface area contributed by atoms with Crippen LogP contribution in [-0.4, -0.2) is 27.2 Å². The third kappa shape index (κ3) is 3.75. The Kier molecular flexibility index (Phi) is 5.14. The highest BCUT2D eigenvalue weighted by atomic mass is 32.2. The summed E-state index contributed by atoms with van der Waals surface area (Å²) < 4.78 is 37.3. The molecule has 0 amide bonds. The van der Waals surface area contributed by atoms with Crippen molar-refractivity contribution in [2.75, 3.05) is 6.61 Å². The first kappa shape index (κ1) is 16.9. The van der Waals surface area contributed by atoms with Crippen molar-refractivity contribution in [3.05, 3.63) is 77.2 Å². The van der Waals surface area contributed by atoms with E-state index in [-0.39, 0.29) is 22.5 Å². The molecule has 2 aromatic carbocycles. The standard InChI is InChI=1S/C19H20O4S/c1-15-12-19(24(20,21)17-10-6-3-7-11-17)18(14-22-15)23-13-16-8-4-2-5-9-16/h2-12,15,18H,13-14H2,1H3/t15-,18-/m0/s1. The molecule has 0 spiro atoms. The van der Waals surface area contributed by atoms with E-state index < -0.39 is 15.9 Å². The van der Waals surface area contributed by atoms with Gasteiger partial charge < -0.3 is 9.47 Å². The van der Waals surface area contributed by atoms with Crippen LogP contribution in [-0.2, 0) is 25.9 Å². The lowest BCUT2D eigenvalue weighted by atomic mass is 10.2. The van der Waals surface area contributed by atoms with Crippen molar-refractivity contribution in [3.63, 3.8) is 0 Å². The molecule has 3 rings (SSSR count). The van der Waals surface area contributed by atoms with Gasteiger partial charge in [0, 0.05) is 0 Å². The highest BCUT2D eigenvalue weighted by Crippen LogP contribution is 2.28. The van der Waals surface area contributed by atoms with Crippen molar-refractivity contribution in [1.82, 2.24) is 0 Å². The molecule has 0 unspecified atom stereocenters. The SMILES string of the molecule is C[C@H]1C=C(S(=O)(=O)c2ccccc2)[C@@H](OCc2ccccc2)CO1.